The lowest BCUT2D eigenvalue weighted by molar-refractivity contribution is 0.524. The molecule has 0 bridgehead atoms. The van der Waals surface area contributed by atoms with E-state index in [9.17, 15) is 0 Å². The monoisotopic (exact) mass is 519 g/mol. The minimum absolute atomic E-state index is 0.115. The zero-order valence-corrected chi connectivity index (χ0v) is 21.9. The Bertz CT molecular complexity index is 1220. The molecule has 0 amide bonds. The van der Waals surface area contributed by atoms with Crippen molar-refractivity contribution in [1.82, 2.24) is 20.3 Å². The van der Waals surface area contributed by atoms with Crippen LogP contribution in [-0.4, -0.2) is 28.0 Å². The molecule has 1 atom stereocenters. The third-order valence-corrected chi connectivity index (χ3v) is 6.70. The van der Waals surface area contributed by atoms with E-state index in [-0.39, 0.29) is 6.04 Å². The Balaban J connectivity index is 1.37. The Morgan fingerprint density at radius 3 is 2.31 bits per heavy atom. The van der Waals surface area contributed by atoms with E-state index in [0.29, 0.717) is 39.6 Å². The highest BCUT2D eigenvalue weighted by Crippen LogP contribution is 2.27. The van der Waals surface area contributed by atoms with Gasteiger partial charge in [0.15, 0.2) is 5.82 Å². The Labute approximate surface area is 223 Å². The van der Waals surface area contributed by atoms with Crippen LogP contribution in [0.5, 0.6) is 0 Å². The maximum atomic E-state index is 6.57. The lowest BCUT2D eigenvalue weighted by Crippen LogP contribution is -2.29. The lowest BCUT2D eigenvalue weighted by Gasteiger charge is -2.21. The molecule has 0 aliphatic heterocycles. The summed E-state index contributed by atoms with van der Waals surface area (Å²) in [4.78, 5) is 13.5. The number of unbranched alkanes of at least 4 members (excludes halogenated alkanes) is 2. The number of hydrogen-bond acceptors (Lipinski definition) is 5. The predicted molar refractivity (Wildman–Crippen MR) is 150 cm³/mol. The highest BCUT2D eigenvalue weighted by atomic mass is 35.5. The van der Waals surface area contributed by atoms with Crippen LogP contribution in [0.15, 0.2) is 79.0 Å². The van der Waals surface area contributed by atoms with E-state index >= 15 is 0 Å². The van der Waals surface area contributed by atoms with Gasteiger partial charge in [-0.2, -0.15) is 0 Å². The molecule has 0 aliphatic carbocycles. The largest absolute Gasteiger partial charge is 0.367 e. The molecule has 5 nitrogen and oxygen atoms in total. The molecule has 4 rings (SSSR count). The van der Waals surface area contributed by atoms with Crippen molar-refractivity contribution < 1.29 is 0 Å². The first kappa shape index (κ1) is 26.1. The molecule has 0 unspecified atom stereocenters. The van der Waals surface area contributed by atoms with Crippen LogP contribution in [0, 0.1) is 6.92 Å². The second kappa shape index (κ2) is 13.4. The Morgan fingerprint density at radius 1 is 0.833 bits per heavy atom. The van der Waals surface area contributed by atoms with E-state index < -0.39 is 0 Å². The molecule has 36 heavy (non-hydrogen) atoms. The number of rotatable bonds is 12. The number of halogens is 2. The number of nitrogens with one attached hydrogen (secondary N) is 2. The number of pyridine rings is 1. The fraction of sp³-hybridized carbons (Fsp3) is 0.276. The predicted octanol–water partition coefficient (Wildman–Crippen LogP) is 7.31. The first-order valence-corrected chi connectivity index (χ1v) is 13.1. The van der Waals surface area contributed by atoms with Gasteiger partial charge in [0.2, 0.25) is 0 Å². The second-order valence-corrected chi connectivity index (χ2v) is 9.57. The van der Waals surface area contributed by atoms with Crippen LogP contribution in [0.25, 0.3) is 11.5 Å². The molecule has 0 saturated carbocycles. The number of aromatic nitrogens is 3. The molecule has 0 fully saturated rings. The number of aryl methyl sites for hydroxylation is 2. The van der Waals surface area contributed by atoms with Crippen molar-refractivity contribution in [3.05, 3.63) is 106 Å². The van der Waals surface area contributed by atoms with E-state index in [1.54, 1.807) is 18.3 Å². The summed E-state index contributed by atoms with van der Waals surface area (Å²) in [5.74, 6) is 1.11. The Kier molecular flexibility index (Phi) is 9.68. The molecule has 0 aliphatic rings. The molecule has 2 aromatic heterocycles. The average molecular weight is 521 g/mol. The van der Waals surface area contributed by atoms with Gasteiger partial charge in [0.1, 0.15) is 16.5 Å². The third-order valence-electron chi connectivity index (χ3n) is 6.02. The molecule has 0 radical (unpaired) electrons. The van der Waals surface area contributed by atoms with Crippen molar-refractivity contribution in [1.29, 1.82) is 0 Å². The average Bonchev–Trinajstić information content (AvgIpc) is 2.91. The lowest BCUT2D eigenvalue weighted by atomic mass is 10.1. The van der Waals surface area contributed by atoms with E-state index in [4.69, 9.17) is 23.2 Å². The van der Waals surface area contributed by atoms with Crippen LogP contribution in [0.1, 0.15) is 42.1 Å². The summed E-state index contributed by atoms with van der Waals surface area (Å²) in [6, 6.07) is 24.8. The fourth-order valence-corrected chi connectivity index (χ4v) is 4.31. The maximum absolute atomic E-state index is 6.57. The molecule has 7 heteroatoms. The van der Waals surface area contributed by atoms with Crippen molar-refractivity contribution in [3.8, 4) is 11.5 Å². The fourth-order valence-electron chi connectivity index (χ4n) is 4.04. The van der Waals surface area contributed by atoms with Crippen LogP contribution < -0.4 is 10.6 Å². The molecule has 0 spiro atoms. The number of benzene rings is 2. The summed E-state index contributed by atoms with van der Waals surface area (Å²) >= 11 is 12.6. The summed E-state index contributed by atoms with van der Waals surface area (Å²) in [5, 5.41) is 8.25. The van der Waals surface area contributed by atoms with E-state index in [2.05, 4.69) is 80.2 Å². The van der Waals surface area contributed by atoms with Gasteiger partial charge in [-0.1, -0.05) is 90.3 Å². The van der Waals surface area contributed by atoms with Gasteiger partial charge in [0, 0.05) is 18.8 Å². The molecule has 2 heterocycles. The first-order valence-electron chi connectivity index (χ1n) is 12.3. The number of hydrogen-bond donors (Lipinski definition) is 2. The van der Waals surface area contributed by atoms with Crippen molar-refractivity contribution in [2.45, 2.75) is 38.6 Å². The van der Waals surface area contributed by atoms with Gasteiger partial charge in [0.25, 0.3) is 0 Å². The zero-order valence-electron chi connectivity index (χ0n) is 20.4. The van der Waals surface area contributed by atoms with E-state index in [0.717, 1.165) is 19.4 Å². The highest BCUT2D eigenvalue weighted by Gasteiger charge is 2.15. The summed E-state index contributed by atoms with van der Waals surface area (Å²) in [5.41, 5.74) is 3.97. The summed E-state index contributed by atoms with van der Waals surface area (Å²) in [6.07, 6.45) is 6.21. The van der Waals surface area contributed by atoms with Gasteiger partial charge < -0.3 is 10.6 Å². The second-order valence-electron chi connectivity index (χ2n) is 8.75. The van der Waals surface area contributed by atoms with Crippen LogP contribution in [0.2, 0.25) is 10.0 Å². The maximum Gasteiger partial charge on any atom is 0.180 e. The molecule has 2 N–H and O–H groups in total. The van der Waals surface area contributed by atoms with Crippen LogP contribution >= 0.6 is 23.2 Å². The van der Waals surface area contributed by atoms with Gasteiger partial charge in [0.05, 0.1) is 10.7 Å². The quantitative estimate of drug-likeness (QED) is 0.192. The molecular weight excluding hydrogens is 489 g/mol. The zero-order chi connectivity index (χ0) is 25.2. The van der Waals surface area contributed by atoms with Gasteiger partial charge in [-0.05, 0) is 56.0 Å². The van der Waals surface area contributed by atoms with E-state index in [1.807, 2.05) is 13.0 Å². The number of anilines is 1. The minimum Gasteiger partial charge on any atom is -0.367 e. The van der Waals surface area contributed by atoms with Crippen molar-refractivity contribution in [2.75, 3.05) is 18.4 Å². The normalized spacial score (nSPS) is 11.9. The molecule has 2 aromatic carbocycles. The van der Waals surface area contributed by atoms with Crippen molar-refractivity contribution >= 4 is 29.0 Å². The summed E-state index contributed by atoms with van der Waals surface area (Å²) in [6.45, 7) is 3.45. The van der Waals surface area contributed by atoms with Gasteiger partial charge >= 0.3 is 0 Å². The molecule has 0 saturated heterocycles. The molecule has 4 aromatic rings. The minimum atomic E-state index is 0.115. The SMILES string of the molecule is Cc1nc(-c2ccc(Cl)cn2)nc(NC[C@H](NCCCCCc2ccccc2)c2ccccc2)c1Cl. The van der Waals surface area contributed by atoms with Crippen LogP contribution in [0.3, 0.4) is 0 Å². The standard InChI is InChI=1S/C29H31Cl2N5/c1-21-27(31)29(36-28(35-21)25-17-16-24(30)19-33-25)34-20-26(23-14-8-3-9-15-23)32-18-10-4-7-13-22-11-5-2-6-12-22/h2-3,5-6,8-9,11-12,14-17,19,26,32H,4,7,10,13,18,20H2,1H3,(H,34,35,36)/t26-/m0/s1. The first-order chi connectivity index (χ1) is 17.6. The van der Waals surface area contributed by atoms with Crippen molar-refractivity contribution in [2.24, 2.45) is 0 Å². The van der Waals surface area contributed by atoms with Crippen molar-refractivity contribution in [3.63, 3.8) is 0 Å². The summed E-state index contributed by atoms with van der Waals surface area (Å²) in [7, 11) is 0. The van der Waals surface area contributed by atoms with Crippen LogP contribution in [-0.2, 0) is 6.42 Å². The third kappa shape index (κ3) is 7.50. The van der Waals surface area contributed by atoms with Gasteiger partial charge in [-0.3, -0.25) is 4.98 Å². The Hall–Kier alpha value is -2.99. The highest BCUT2D eigenvalue weighted by molar-refractivity contribution is 6.33. The topological polar surface area (TPSA) is 62.7 Å². The Morgan fingerprint density at radius 2 is 1.58 bits per heavy atom. The van der Waals surface area contributed by atoms with E-state index in [1.165, 1.54) is 24.0 Å². The molecule has 186 valence electrons. The van der Waals surface area contributed by atoms with Gasteiger partial charge in [-0.25, -0.2) is 9.97 Å². The van der Waals surface area contributed by atoms with Gasteiger partial charge in [-0.15, -0.1) is 0 Å². The van der Waals surface area contributed by atoms with Crippen LogP contribution in [0.4, 0.5) is 5.82 Å². The molecular formula is C29H31Cl2N5. The number of nitrogens with zero attached hydrogens (tertiary/aromatic N) is 3. The summed E-state index contributed by atoms with van der Waals surface area (Å²) < 4.78 is 0. The smallest absolute Gasteiger partial charge is 0.180 e.